The van der Waals surface area contributed by atoms with Gasteiger partial charge in [0.15, 0.2) is 0 Å². The molecule has 100 valence electrons. The van der Waals surface area contributed by atoms with Crippen LogP contribution >= 0.6 is 11.6 Å². The summed E-state index contributed by atoms with van der Waals surface area (Å²) in [5, 5.41) is 13.6. The lowest BCUT2D eigenvalue weighted by molar-refractivity contribution is -0.383. The van der Waals surface area contributed by atoms with Crippen LogP contribution in [0.4, 0.5) is 20.2 Å². The van der Waals surface area contributed by atoms with E-state index in [0.29, 0.717) is 0 Å². The van der Waals surface area contributed by atoms with Crippen molar-refractivity contribution in [3.63, 3.8) is 0 Å². The van der Waals surface area contributed by atoms with Crippen LogP contribution in [0.15, 0.2) is 18.2 Å². The van der Waals surface area contributed by atoms with Crippen LogP contribution in [0.25, 0.3) is 0 Å². The Morgan fingerprint density at radius 1 is 1.50 bits per heavy atom. The number of alkyl halides is 2. The van der Waals surface area contributed by atoms with Crippen molar-refractivity contribution < 1.29 is 18.4 Å². The summed E-state index contributed by atoms with van der Waals surface area (Å²) in [4.78, 5) is 10.2. The molecule has 0 aliphatic rings. The average Bonchev–Trinajstić information content (AvgIpc) is 2.29. The van der Waals surface area contributed by atoms with Crippen LogP contribution in [0.2, 0.25) is 5.02 Å². The molecule has 0 spiro atoms. The molecular weight excluding hydrogens is 270 g/mol. The van der Waals surface area contributed by atoms with E-state index >= 15 is 0 Å². The van der Waals surface area contributed by atoms with Gasteiger partial charge < -0.3 is 10.1 Å². The normalized spacial score (nSPS) is 10.7. The molecular formula is C10H11ClF2N2O3. The second-order valence-electron chi connectivity index (χ2n) is 3.28. The summed E-state index contributed by atoms with van der Waals surface area (Å²) in [6.07, 6.45) is -2.53. The number of halogens is 3. The minimum absolute atomic E-state index is 0.00666. The maximum atomic E-state index is 11.8. The number of hydrogen-bond acceptors (Lipinski definition) is 4. The van der Waals surface area contributed by atoms with Crippen molar-refractivity contribution in [2.45, 2.75) is 6.43 Å². The summed E-state index contributed by atoms with van der Waals surface area (Å²) in [5.74, 6) is 0. The van der Waals surface area contributed by atoms with E-state index in [0.717, 1.165) is 0 Å². The summed E-state index contributed by atoms with van der Waals surface area (Å²) in [6, 6.07) is 4.25. The van der Waals surface area contributed by atoms with Gasteiger partial charge in [0.25, 0.3) is 12.1 Å². The SMILES string of the molecule is O=[N+]([O-])c1cccc(Cl)c1NCCOCC(F)F. The molecule has 1 aromatic carbocycles. The van der Waals surface area contributed by atoms with E-state index in [9.17, 15) is 18.9 Å². The number of hydrogen-bond donors (Lipinski definition) is 1. The Morgan fingerprint density at radius 2 is 2.22 bits per heavy atom. The summed E-state index contributed by atoms with van der Waals surface area (Å²) < 4.78 is 28.2. The predicted octanol–water partition coefficient (Wildman–Crippen LogP) is 2.94. The van der Waals surface area contributed by atoms with Gasteiger partial charge in [-0.2, -0.15) is 0 Å². The standard InChI is InChI=1S/C10H11ClF2N2O3/c11-7-2-1-3-8(15(16)17)10(7)14-4-5-18-6-9(12)13/h1-3,9,14H,4-6H2. The highest BCUT2D eigenvalue weighted by atomic mass is 35.5. The van der Waals surface area contributed by atoms with Gasteiger partial charge in [0.1, 0.15) is 12.3 Å². The largest absolute Gasteiger partial charge is 0.376 e. The zero-order chi connectivity index (χ0) is 13.5. The third-order valence-corrected chi connectivity index (χ3v) is 2.30. The molecule has 0 aromatic heterocycles. The van der Waals surface area contributed by atoms with Gasteiger partial charge in [-0.05, 0) is 6.07 Å². The van der Waals surface area contributed by atoms with Crippen molar-refractivity contribution in [2.75, 3.05) is 25.1 Å². The second kappa shape index (κ2) is 7.07. The average molecular weight is 281 g/mol. The third-order valence-electron chi connectivity index (χ3n) is 1.98. The molecule has 5 nitrogen and oxygen atoms in total. The van der Waals surface area contributed by atoms with E-state index in [1.807, 2.05) is 0 Å². The highest BCUT2D eigenvalue weighted by molar-refractivity contribution is 6.33. The summed E-state index contributed by atoms with van der Waals surface area (Å²) >= 11 is 5.81. The predicted molar refractivity (Wildman–Crippen MR) is 63.4 cm³/mol. The van der Waals surface area contributed by atoms with Gasteiger partial charge in [-0.25, -0.2) is 8.78 Å². The molecule has 1 N–H and O–H groups in total. The van der Waals surface area contributed by atoms with Gasteiger partial charge in [-0.3, -0.25) is 10.1 Å². The van der Waals surface area contributed by atoms with Crippen molar-refractivity contribution >= 4 is 23.0 Å². The van der Waals surface area contributed by atoms with Gasteiger partial charge in [0.2, 0.25) is 0 Å². The molecule has 1 aromatic rings. The molecule has 0 amide bonds. The number of para-hydroxylation sites is 1. The first-order valence-electron chi connectivity index (χ1n) is 5.05. The van der Waals surface area contributed by atoms with Crippen molar-refractivity contribution in [1.29, 1.82) is 0 Å². The van der Waals surface area contributed by atoms with Crippen LogP contribution in [0, 0.1) is 10.1 Å². The van der Waals surface area contributed by atoms with Gasteiger partial charge in [-0.1, -0.05) is 17.7 Å². The smallest absolute Gasteiger partial charge is 0.293 e. The maximum absolute atomic E-state index is 11.8. The molecule has 0 fully saturated rings. The summed E-state index contributed by atoms with van der Waals surface area (Å²) in [7, 11) is 0. The van der Waals surface area contributed by atoms with E-state index in [2.05, 4.69) is 10.1 Å². The van der Waals surface area contributed by atoms with Crippen molar-refractivity contribution in [3.8, 4) is 0 Å². The number of rotatable bonds is 7. The number of nitro benzene ring substituents is 1. The minimum atomic E-state index is -2.53. The summed E-state index contributed by atoms with van der Waals surface area (Å²) in [6.45, 7) is -0.504. The zero-order valence-corrected chi connectivity index (χ0v) is 9.99. The van der Waals surface area contributed by atoms with E-state index in [-0.39, 0.29) is 29.5 Å². The molecule has 0 aliphatic carbocycles. The second-order valence-corrected chi connectivity index (χ2v) is 3.69. The molecule has 0 aliphatic heterocycles. The molecule has 0 unspecified atom stereocenters. The van der Waals surface area contributed by atoms with E-state index in [4.69, 9.17) is 11.6 Å². The lowest BCUT2D eigenvalue weighted by Crippen LogP contribution is -2.14. The zero-order valence-electron chi connectivity index (χ0n) is 9.24. The molecule has 0 saturated heterocycles. The number of ether oxygens (including phenoxy) is 1. The Balaban J connectivity index is 2.53. The number of benzene rings is 1. The first kappa shape index (κ1) is 14.6. The monoisotopic (exact) mass is 280 g/mol. The van der Waals surface area contributed by atoms with Crippen LogP contribution in [0.3, 0.4) is 0 Å². The van der Waals surface area contributed by atoms with Crippen molar-refractivity contribution in [2.24, 2.45) is 0 Å². The molecule has 8 heteroatoms. The number of nitro groups is 1. The number of nitrogens with zero attached hydrogens (tertiary/aromatic N) is 1. The van der Waals surface area contributed by atoms with Crippen LogP contribution < -0.4 is 5.32 Å². The van der Waals surface area contributed by atoms with Crippen LogP contribution in [-0.4, -0.2) is 31.1 Å². The molecule has 18 heavy (non-hydrogen) atoms. The minimum Gasteiger partial charge on any atom is -0.376 e. The Morgan fingerprint density at radius 3 is 2.83 bits per heavy atom. The first-order chi connectivity index (χ1) is 8.52. The molecule has 1 rings (SSSR count). The van der Waals surface area contributed by atoms with E-state index in [1.54, 1.807) is 0 Å². The highest BCUT2D eigenvalue weighted by Crippen LogP contribution is 2.31. The topological polar surface area (TPSA) is 64.4 Å². The lowest BCUT2D eigenvalue weighted by Gasteiger charge is -2.09. The molecule has 0 atom stereocenters. The molecule has 0 heterocycles. The van der Waals surface area contributed by atoms with E-state index in [1.165, 1.54) is 18.2 Å². The van der Waals surface area contributed by atoms with Crippen LogP contribution in [-0.2, 0) is 4.74 Å². The van der Waals surface area contributed by atoms with Gasteiger partial charge in [0.05, 0.1) is 16.6 Å². The van der Waals surface area contributed by atoms with Crippen molar-refractivity contribution in [1.82, 2.24) is 0 Å². The van der Waals surface area contributed by atoms with Crippen molar-refractivity contribution in [3.05, 3.63) is 33.3 Å². The third kappa shape index (κ3) is 4.42. The molecule has 0 saturated carbocycles. The Hall–Kier alpha value is -1.47. The van der Waals surface area contributed by atoms with Gasteiger partial charge in [0, 0.05) is 12.6 Å². The fourth-order valence-corrected chi connectivity index (χ4v) is 1.50. The Bertz CT molecular complexity index is 418. The summed E-state index contributed by atoms with van der Waals surface area (Å²) in [5.41, 5.74) is -0.0128. The van der Waals surface area contributed by atoms with E-state index < -0.39 is 18.0 Å². The van der Waals surface area contributed by atoms with Crippen LogP contribution in [0.5, 0.6) is 0 Å². The fraction of sp³-hybridized carbons (Fsp3) is 0.400. The fourth-order valence-electron chi connectivity index (χ4n) is 1.26. The van der Waals surface area contributed by atoms with Crippen LogP contribution in [0.1, 0.15) is 0 Å². The highest BCUT2D eigenvalue weighted by Gasteiger charge is 2.15. The van der Waals surface area contributed by atoms with Gasteiger partial charge in [-0.15, -0.1) is 0 Å². The molecule has 0 radical (unpaired) electrons. The van der Waals surface area contributed by atoms with Gasteiger partial charge >= 0.3 is 0 Å². The Kier molecular flexibility index (Phi) is 5.73. The number of nitrogens with one attached hydrogen (secondary N) is 1. The Labute approximate surface area is 107 Å². The maximum Gasteiger partial charge on any atom is 0.293 e. The lowest BCUT2D eigenvalue weighted by atomic mass is 10.2. The molecule has 0 bridgehead atoms. The number of anilines is 1. The quantitative estimate of drug-likeness (QED) is 0.474. The first-order valence-corrected chi connectivity index (χ1v) is 5.43.